The third kappa shape index (κ3) is 5.63. The number of carboxylic acids is 1. The number of esters is 2. The minimum absolute atomic E-state index is 0.107. The first-order valence-corrected chi connectivity index (χ1v) is 17.5. The summed E-state index contributed by atoms with van der Waals surface area (Å²) < 4.78 is 12.4. The van der Waals surface area contributed by atoms with Crippen molar-refractivity contribution in [2.75, 3.05) is 0 Å². The summed E-state index contributed by atoms with van der Waals surface area (Å²) >= 11 is 0. The Hall–Kier alpha value is -1.75. The second kappa shape index (κ2) is 12.0. The normalized spacial score (nSPS) is 48.1. The summed E-state index contributed by atoms with van der Waals surface area (Å²) in [7, 11) is 0. The molecule has 0 amide bonds. The third-order valence-electron chi connectivity index (χ3n) is 13.8. The van der Waals surface area contributed by atoms with E-state index in [2.05, 4.69) is 27.7 Å². The Bertz CT molecular complexity index is 1150. The van der Waals surface area contributed by atoms with Crippen molar-refractivity contribution < 1.29 is 48.5 Å². The van der Waals surface area contributed by atoms with E-state index >= 15 is 0 Å². The second-order valence-electron chi connectivity index (χ2n) is 16.1. The van der Waals surface area contributed by atoms with Gasteiger partial charge in [0, 0.05) is 56.8 Å². The molecule has 10 nitrogen and oxygen atoms in total. The molecule has 10 heteroatoms. The number of rotatable bonds is 6. The van der Waals surface area contributed by atoms with Crippen LogP contribution in [0.15, 0.2) is 0 Å². The van der Waals surface area contributed by atoms with Crippen LogP contribution in [-0.2, 0) is 43.4 Å². The maximum absolute atomic E-state index is 12.6. The highest BCUT2D eigenvalue weighted by Gasteiger charge is 2.69. The highest BCUT2D eigenvalue weighted by molar-refractivity contribution is 5.67. The van der Waals surface area contributed by atoms with Gasteiger partial charge in [0.2, 0.25) is 11.6 Å². The van der Waals surface area contributed by atoms with Gasteiger partial charge >= 0.3 is 17.9 Å². The lowest BCUT2D eigenvalue weighted by Gasteiger charge is -2.65. The fourth-order valence-corrected chi connectivity index (χ4v) is 11.3. The van der Waals surface area contributed by atoms with E-state index in [9.17, 15) is 19.5 Å². The first-order chi connectivity index (χ1) is 21.2. The first-order valence-electron chi connectivity index (χ1n) is 17.5. The molecule has 1 heterocycles. The number of ether oxygens (including phenoxy) is 2. The van der Waals surface area contributed by atoms with E-state index in [1.54, 1.807) is 0 Å². The van der Waals surface area contributed by atoms with Crippen LogP contribution in [0.2, 0.25) is 0 Å². The van der Waals surface area contributed by atoms with Crippen molar-refractivity contribution in [2.45, 2.75) is 149 Å². The van der Waals surface area contributed by atoms with Gasteiger partial charge in [0.15, 0.2) is 0 Å². The predicted molar refractivity (Wildman–Crippen MR) is 161 cm³/mol. The monoisotopic (exact) mass is 634 g/mol. The number of carbonyl (C=O) groups excluding carboxylic acids is 2. The van der Waals surface area contributed by atoms with Gasteiger partial charge in [0.05, 0.1) is 0 Å². The molecule has 5 aliphatic carbocycles. The lowest BCUT2D eigenvalue weighted by Crippen LogP contribution is -2.65. The van der Waals surface area contributed by atoms with Crippen LogP contribution in [0.3, 0.4) is 0 Å². The molecule has 6 rings (SSSR count). The predicted octanol–water partition coefficient (Wildman–Crippen LogP) is 6.74. The van der Waals surface area contributed by atoms with Crippen LogP contribution in [-0.4, -0.2) is 46.8 Å². The maximum Gasteiger partial charge on any atom is 0.303 e. The highest BCUT2D eigenvalue weighted by Crippen LogP contribution is 2.70. The molecule has 0 aromatic heterocycles. The Kier molecular flexibility index (Phi) is 8.88. The molecule has 6 fully saturated rings. The van der Waals surface area contributed by atoms with Gasteiger partial charge in [-0.25, -0.2) is 0 Å². The van der Waals surface area contributed by atoms with Crippen LogP contribution >= 0.6 is 0 Å². The molecule has 1 aliphatic heterocycles. The molecule has 1 saturated heterocycles. The number of aliphatic carboxylic acids is 1. The smallest absolute Gasteiger partial charge is 0.303 e. The van der Waals surface area contributed by atoms with E-state index < -0.39 is 17.5 Å². The average molecular weight is 635 g/mol. The van der Waals surface area contributed by atoms with E-state index in [-0.39, 0.29) is 82.8 Å². The summed E-state index contributed by atoms with van der Waals surface area (Å²) in [5.74, 6) is -2.16. The van der Waals surface area contributed by atoms with E-state index in [1.807, 2.05) is 0 Å². The maximum atomic E-state index is 12.6. The summed E-state index contributed by atoms with van der Waals surface area (Å²) in [5.41, 5.74) is -0.468. The van der Waals surface area contributed by atoms with Crippen molar-refractivity contribution in [3.63, 3.8) is 0 Å². The Labute approximate surface area is 267 Å². The second-order valence-corrected chi connectivity index (χ2v) is 16.1. The molecule has 6 aliphatic rings. The molecule has 2 spiro atoms. The molecule has 0 aromatic rings. The van der Waals surface area contributed by atoms with Gasteiger partial charge < -0.3 is 14.6 Å². The third-order valence-corrected chi connectivity index (χ3v) is 13.8. The molecular weight excluding hydrogens is 580 g/mol. The lowest BCUT2D eigenvalue weighted by molar-refractivity contribution is -0.671. The van der Waals surface area contributed by atoms with Crippen molar-refractivity contribution in [1.29, 1.82) is 0 Å². The van der Waals surface area contributed by atoms with Gasteiger partial charge in [-0.1, -0.05) is 34.1 Å². The van der Waals surface area contributed by atoms with Crippen LogP contribution in [0, 0.1) is 52.3 Å². The van der Waals surface area contributed by atoms with Crippen molar-refractivity contribution in [2.24, 2.45) is 52.3 Å². The van der Waals surface area contributed by atoms with Crippen molar-refractivity contribution in [3.8, 4) is 0 Å². The fraction of sp³-hybridized carbons (Fsp3) is 0.914. The Balaban J connectivity index is 1.29. The summed E-state index contributed by atoms with van der Waals surface area (Å²) in [6, 6.07) is 0. The number of carboxylic acid groups (broad SMARTS) is 1. The molecule has 0 bridgehead atoms. The zero-order chi connectivity index (χ0) is 32.4. The molecule has 0 aromatic carbocycles. The van der Waals surface area contributed by atoms with Crippen molar-refractivity contribution in [1.82, 2.24) is 0 Å². The lowest BCUT2D eigenvalue weighted by atomic mass is 9.42. The summed E-state index contributed by atoms with van der Waals surface area (Å²) in [6.07, 6.45) is 9.24. The van der Waals surface area contributed by atoms with E-state index in [4.69, 9.17) is 29.0 Å². The quantitative estimate of drug-likeness (QED) is 0.248. The van der Waals surface area contributed by atoms with Crippen molar-refractivity contribution in [3.05, 3.63) is 0 Å². The molecule has 1 N–H and O–H groups in total. The zero-order valence-electron chi connectivity index (χ0n) is 28.0. The molecule has 45 heavy (non-hydrogen) atoms. The molecule has 5 saturated carbocycles. The van der Waals surface area contributed by atoms with Crippen LogP contribution < -0.4 is 0 Å². The Morgan fingerprint density at radius 3 is 2.24 bits per heavy atom. The average Bonchev–Trinajstić information content (AvgIpc) is 3.34. The van der Waals surface area contributed by atoms with E-state index in [1.165, 1.54) is 13.8 Å². The Morgan fingerprint density at radius 1 is 0.889 bits per heavy atom. The highest BCUT2D eigenvalue weighted by atomic mass is 17.4. The van der Waals surface area contributed by atoms with Gasteiger partial charge in [0.1, 0.15) is 12.2 Å². The van der Waals surface area contributed by atoms with Crippen LogP contribution in [0.4, 0.5) is 0 Å². The van der Waals surface area contributed by atoms with Gasteiger partial charge in [-0.3, -0.25) is 14.4 Å². The molecule has 254 valence electrons. The fourth-order valence-electron chi connectivity index (χ4n) is 11.3. The summed E-state index contributed by atoms with van der Waals surface area (Å²) in [4.78, 5) is 61.2. The van der Waals surface area contributed by atoms with Crippen LogP contribution in [0.1, 0.15) is 125 Å². The first kappa shape index (κ1) is 33.2. The van der Waals surface area contributed by atoms with Gasteiger partial charge in [-0.05, 0) is 86.4 Å². The largest absolute Gasteiger partial charge is 0.481 e. The minimum Gasteiger partial charge on any atom is -0.481 e. The molecule has 3 unspecified atom stereocenters. The summed E-state index contributed by atoms with van der Waals surface area (Å²) in [6.45, 7) is 11.8. The van der Waals surface area contributed by atoms with E-state index in [0.29, 0.717) is 32.1 Å². The molecular formula is C35H54O10. The number of carbonyl (C=O) groups is 3. The standard InChI is InChI=1S/C35H54O10/c1-20(10-13-30(38)39)25-11-12-26-31-27(18-29(33(25,26)6)41-23(4)37)32(5)15-16-34(19-24(32)17-28(31)40-22(3)36)42-44-35(45-43-34)14-8-7-9-21(35)2/h20-21,24-29,31H,7-19H2,1-6H3,(H,38,39)/t20?,21?,24-,25?,26+,27+,28-,29+,31+,32+,33-,34?,35?/m1/s1. The minimum atomic E-state index is -1.02. The number of fused-ring (bicyclic) bond motifs is 5. The topological polar surface area (TPSA) is 127 Å². The zero-order valence-corrected chi connectivity index (χ0v) is 28.0. The van der Waals surface area contributed by atoms with Crippen molar-refractivity contribution >= 4 is 17.9 Å². The number of hydrogen-bond acceptors (Lipinski definition) is 9. The van der Waals surface area contributed by atoms with Gasteiger partial charge in [0.25, 0.3) is 0 Å². The van der Waals surface area contributed by atoms with Gasteiger partial charge in [-0.15, -0.1) is 0 Å². The van der Waals surface area contributed by atoms with Crippen LogP contribution in [0.25, 0.3) is 0 Å². The van der Waals surface area contributed by atoms with E-state index in [0.717, 1.165) is 44.9 Å². The molecule has 11 atom stereocenters. The molecule has 0 radical (unpaired) electrons. The Morgan fingerprint density at radius 2 is 1.60 bits per heavy atom. The van der Waals surface area contributed by atoms with Crippen LogP contribution in [0.5, 0.6) is 0 Å². The van der Waals surface area contributed by atoms with Gasteiger partial charge in [-0.2, -0.15) is 19.6 Å². The SMILES string of the molecule is CC(=O)O[C@H]1C[C@H]2[C@@H]([C@H](OC(C)=O)C[C@@H]3CC4(CC[C@@]32C)OOC2(CCCCC2C)OO4)[C@@H]2CCC(C(C)CCC(=O)O)[C@@]12C. The summed E-state index contributed by atoms with van der Waals surface area (Å²) in [5, 5.41) is 9.40. The number of hydrogen-bond donors (Lipinski definition) is 1.